The summed E-state index contributed by atoms with van der Waals surface area (Å²) >= 11 is 0. The zero-order valence-electron chi connectivity index (χ0n) is 11.0. The maximum absolute atomic E-state index is 13.3. The average molecular weight is 310 g/mol. The molecule has 0 atom stereocenters. The van der Waals surface area contributed by atoms with E-state index in [1.807, 2.05) is 11.6 Å². The zero-order valence-corrected chi connectivity index (χ0v) is 11.9. The molecule has 114 valence electrons. The zero-order chi connectivity index (χ0) is 15.2. The lowest BCUT2D eigenvalue weighted by Crippen LogP contribution is -2.20. The molecule has 0 aliphatic rings. The molecule has 0 unspecified atom stereocenters. The molecule has 0 aliphatic carbocycles. The Morgan fingerprint density at radius 1 is 1.10 bits per heavy atom. The molecular formula is C12H17F3N2O2S. The van der Waals surface area contributed by atoms with Crippen molar-refractivity contribution < 1.29 is 21.6 Å². The number of benzene rings is 1. The number of nitrogens with one attached hydrogen (secondary N) is 2. The largest absolute Gasteiger partial charge is 0.317 e. The van der Waals surface area contributed by atoms with Gasteiger partial charge in [0.15, 0.2) is 17.5 Å². The van der Waals surface area contributed by atoms with Crippen LogP contribution in [0.2, 0.25) is 0 Å². The molecule has 0 radical (unpaired) electrons. The Kier molecular flexibility index (Phi) is 6.28. The molecule has 4 nitrogen and oxygen atoms in total. The predicted octanol–water partition coefficient (Wildman–Crippen LogP) is 2.24. The highest BCUT2D eigenvalue weighted by Crippen LogP contribution is 2.20. The Labute approximate surface area is 116 Å². The first-order valence-electron chi connectivity index (χ1n) is 6.22. The highest BCUT2D eigenvalue weighted by Gasteiger charge is 2.17. The van der Waals surface area contributed by atoms with Gasteiger partial charge in [0.25, 0.3) is 0 Å². The van der Waals surface area contributed by atoms with E-state index in [1.165, 1.54) is 0 Å². The molecule has 1 aromatic carbocycles. The van der Waals surface area contributed by atoms with Crippen LogP contribution in [0.15, 0.2) is 12.1 Å². The van der Waals surface area contributed by atoms with Crippen LogP contribution in [-0.4, -0.2) is 27.3 Å². The highest BCUT2D eigenvalue weighted by molar-refractivity contribution is 7.92. The van der Waals surface area contributed by atoms with Gasteiger partial charge in [-0.1, -0.05) is 6.92 Å². The molecule has 20 heavy (non-hydrogen) atoms. The van der Waals surface area contributed by atoms with Crippen LogP contribution in [0.25, 0.3) is 0 Å². The van der Waals surface area contributed by atoms with Crippen LogP contribution < -0.4 is 10.0 Å². The van der Waals surface area contributed by atoms with Crippen molar-refractivity contribution in [3.05, 3.63) is 29.6 Å². The monoisotopic (exact) mass is 310 g/mol. The predicted molar refractivity (Wildman–Crippen MR) is 71.5 cm³/mol. The minimum Gasteiger partial charge on any atom is -0.317 e. The van der Waals surface area contributed by atoms with Gasteiger partial charge in [0.1, 0.15) is 0 Å². The number of rotatable bonds is 8. The summed E-state index contributed by atoms with van der Waals surface area (Å²) in [7, 11) is -3.78. The summed E-state index contributed by atoms with van der Waals surface area (Å²) in [6.45, 7) is 3.42. The van der Waals surface area contributed by atoms with E-state index >= 15 is 0 Å². The number of anilines is 1. The highest BCUT2D eigenvalue weighted by atomic mass is 32.2. The second-order valence-electron chi connectivity index (χ2n) is 4.20. The van der Waals surface area contributed by atoms with Crippen molar-refractivity contribution in [1.82, 2.24) is 5.32 Å². The van der Waals surface area contributed by atoms with Gasteiger partial charge < -0.3 is 5.32 Å². The molecular weight excluding hydrogens is 293 g/mol. The van der Waals surface area contributed by atoms with Gasteiger partial charge >= 0.3 is 0 Å². The maximum Gasteiger partial charge on any atom is 0.232 e. The van der Waals surface area contributed by atoms with E-state index in [9.17, 15) is 21.6 Å². The fourth-order valence-electron chi connectivity index (χ4n) is 1.54. The minimum absolute atomic E-state index is 0.211. The number of hydrogen-bond donors (Lipinski definition) is 2. The molecule has 0 saturated carbocycles. The van der Waals surface area contributed by atoms with Crippen LogP contribution in [-0.2, 0) is 10.0 Å². The van der Waals surface area contributed by atoms with E-state index in [0.29, 0.717) is 25.5 Å². The molecule has 1 aromatic rings. The van der Waals surface area contributed by atoms with Crippen LogP contribution in [0, 0.1) is 17.5 Å². The van der Waals surface area contributed by atoms with Gasteiger partial charge in [-0.15, -0.1) is 0 Å². The molecule has 8 heteroatoms. The standard InChI is InChI=1S/C12H17F3N2O2S/c1-2-16-7-3-4-8-20(18,19)17-10-6-5-9(13)11(14)12(10)15/h5-6,16-17H,2-4,7-8H2,1H3. The third-order valence-corrected chi connectivity index (χ3v) is 3.92. The number of halogens is 3. The van der Waals surface area contributed by atoms with Crippen molar-refractivity contribution in [2.75, 3.05) is 23.6 Å². The second kappa shape index (κ2) is 7.49. The van der Waals surface area contributed by atoms with Gasteiger partial charge in [-0.25, -0.2) is 21.6 Å². The van der Waals surface area contributed by atoms with E-state index in [1.54, 1.807) is 0 Å². The molecule has 1 rings (SSSR count). The van der Waals surface area contributed by atoms with E-state index in [4.69, 9.17) is 0 Å². The summed E-state index contributed by atoms with van der Waals surface area (Å²) in [6.07, 6.45) is 1.03. The Morgan fingerprint density at radius 2 is 1.80 bits per heavy atom. The van der Waals surface area contributed by atoms with Crippen molar-refractivity contribution in [2.24, 2.45) is 0 Å². The summed E-state index contributed by atoms with van der Waals surface area (Å²) in [5.41, 5.74) is -0.587. The quantitative estimate of drug-likeness (QED) is 0.572. The number of unbranched alkanes of at least 4 members (excludes halogenated alkanes) is 1. The van der Waals surface area contributed by atoms with E-state index in [-0.39, 0.29) is 5.75 Å². The van der Waals surface area contributed by atoms with Crippen LogP contribution in [0.1, 0.15) is 19.8 Å². The lowest BCUT2D eigenvalue weighted by molar-refractivity contribution is 0.449. The summed E-state index contributed by atoms with van der Waals surface area (Å²) in [4.78, 5) is 0. The smallest absolute Gasteiger partial charge is 0.232 e. The first-order valence-corrected chi connectivity index (χ1v) is 7.87. The SMILES string of the molecule is CCNCCCCS(=O)(=O)Nc1ccc(F)c(F)c1F. The van der Waals surface area contributed by atoms with Crippen molar-refractivity contribution in [3.63, 3.8) is 0 Å². The molecule has 0 bridgehead atoms. The van der Waals surface area contributed by atoms with Gasteiger partial charge in [0.2, 0.25) is 10.0 Å². The Bertz CT molecular complexity index is 550. The fraction of sp³-hybridized carbons (Fsp3) is 0.500. The van der Waals surface area contributed by atoms with Crippen molar-refractivity contribution in [2.45, 2.75) is 19.8 Å². The molecule has 0 saturated heterocycles. The van der Waals surface area contributed by atoms with Crippen molar-refractivity contribution >= 4 is 15.7 Å². The Morgan fingerprint density at radius 3 is 2.45 bits per heavy atom. The second-order valence-corrected chi connectivity index (χ2v) is 6.05. The van der Waals surface area contributed by atoms with Crippen LogP contribution in [0.4, 0.5) is 18.9 Å². The first kappa shape index (κ1) is 16.8. The topological polar surface area (TPSA) is 58.2 Å². The van der Waals surface area contributed by atoms with Gasteiger partial charge in [-0.3, -0.25) is 4.72 Å². The van der Waals surface area contributed by atoms with E-state index in [2.05, 4.69) is 5.32 Å². The molecule has 0 heterocycles. The molecule has 0 aliphatic heterocycles. The molecule has 0 aromatic heterocycles. The summed E-state index contributed by atoms with van der Waals surface area (Å²) < 4.78 is 64.3. The summed E-state index contributed by atoms with van der Waals surface area (Å²) in [5.74, 6) is -4.81. The van der Waals surface area contributed by atoms with Crippen molar-refractivity contribution in [1.29, 1.82) is 0 Å². The van der Waals surface area contributed by atoms with Gasteiger partial charge in [-0.05, 0) is 38.1 Å². The van der Waals surface area contributed by atoms with Gasteiger partial charge in [0.05, 0.1) is 11.4 Å². The molecule has 0 fully saturated rings. The number of hydrogen-bond acceptors (Lipinski definition) is 3. The van der Waals surface area contributed by atoms with Gasteiger partial charge in [-0.2, -0.15) is 0 Å². The number of sulfonamides is 1. The lowest BCUT2D eigenvalue weighted by Gasteiger charge is -2.09. The third kappa shape index (κ3) is 5.01. The van der Waals surface area contributed by atoms with Gasteiger partial charge in [0, 0.05) is 0 Å². The molecule has 2 N–H and O–H groups in total. The molecule has 0 amide bonds. The van der Waals surface area contributed by atoms with Crippen molar-refractivity contribution in [3.8, 4) is 0 Å². The first-order chi connectivity index (χ1) is 9.37. The third-order valence-electron chi connectivity index (χ3n) is 2.57. The Hall–Kier alpha value is -1.28. The van der Waals surface area contributed by atoms with Crippen LogP contribution in [0.3, 0.4) is 0 Å². The summed E-state index contributed by atoms with van der Waals surface area (Å²) in [5, 5.41) is 3.04. The molecule has 0 spiro atoms. The average Bonchev–Trinajstić information content (AvgIpc) is 2.39. The van der Waals surface area contributed by atoms with Crippen LogP contribution >= 0.6 is 0 Å². The Balaban J connectivity index is 2.61. The normalized spacial score (nSPS) is 11.6. The summed E-state index contributed by atoms with van der Waals surface area (Å²) in [6, 6.07) is 1.52. The fourth-order valence-corrected chi connectivity index (χ4v) is 2.72. The lowest BCUT2D eigenvalue weighted by atomic mass is 10.3. The van der Waals surface area contributed by atoms with E-state index < -0.39 is 33.2 Å². The minimum atomic E-state index is -3.78. The van der Waals surface area contributed by atoms with Crippen LogP contribution in [0.5, 0.6) is 0 Å². The van der Waals surface area contributed by atoms with E-state index in [0.717, 1.165) is 12.6 Å². The maximum atomic E-state index is 13.3.